The van der Waals surface area contributed by atoms with E-state index in [1.165, 1.54) is 11.3 Å². The third-order valence-corrected chi connectivity index (χ3v) is 4.22. The molecule has 0 saturated heterocycles. The van der Waals surface area contributed by atoms with Gasteiger partial charge in [-0.3, -0.25) is 4.79 Å². The average Bonchev–Trinajstić information content (AvgIpc) is 2.84. The lowest BCUT2D eigenvalue weighted by Gasteiger charge is -2.13. The standard InChI is InChI=1S/C14H17ClN4OS/c1-8(9(2)16)13(20)17-14-19-18-12(21-14)7-10-4-3-5-11(15)6-10/h3-6,8-9H,7,16H2,1-2H3,(H,17,19,20). The number of hydrogen-bond donors (Lipinski definition) is 2. The van der Waals surface area contributed by atoms with Crippen LogP contribution in [-0.2, 0) is 11.2 Å². The third kappa shape index (κ3) is 4.49. The normalized spacial score (nSPS) is 13.7. The second-order valence-electron chi connectivity index (χ2n) is 4.94. The summed E-state index contributed by atoms with van der Waals surface area (Å²) >= 11 is 7.30. The Morgan fingerprint density at radius 1 is 1.43 bits per heavy atom. The molecule has 2 rings (SSSR count). The zero-order chi connectivity index (χ0) is 15.4. The lowest BCUT2D eigenvalue weighted by molar-refractivity contribution is -0.119. The Morgan fingerprint density at radius 3 is 2.86 bits per heavy atom. The molecule has 1 heterocycles. The summed E-state index contributed by atoms with van der Waals surface area (Å²) < 4.78 is 0. The molecule has 0 radical (unpaired) electrons. The molecular weight excluding hydrogens is 308 g/mol. The number of nitrogens with one attached hydrogen (secondary N) is 1. The van der Waals surface area contributed by atoms with Crippen LogP contribution in [0.5, 0.6) is 0 Å². The minimum Gasteiger partial charge on any atom is -0.327 e. The molecule has 0 saturated carbocycles. The molecule has 3 N–H and O–H groups in total. The summed E-state index contributed by atoms with van der Waals surface area (Å²) in [5, 5.41) is 12.8. The van der Waals surface area contributed by atoms with Crippen LogP contribution in [0, 0.1) is 5.92 Å². The van der Waals surface area contributed by atoms with E-state index in [4.69, 9.17) is 17.3 Å². The second-order valence-corrected chi connectivity index (χ2v) is 6.44. The lowest BCUT2D eigenvalue weighted by atomic mass is 10.0. The van der Waals surface area contributed by atoms with Crippen LogP contribution in [0.15, 0.2) is 24.3 Å². The number of nitrogens with zero attached hydrogens (tertiary/aromatic N) is 2. The Balaban J connectivity index is 2.00. The van der Waals surface area contributed by atoms with Crippen molar-refractivity contribution in [3.63, 3.8) is 0 Å². The zero-order valence-electron chi connectivity index (χ0n) is 11.8. The predicted molar refractivity (Wildman–Crippen MR) is 85.6 cm³/mol. The number of hydrogen-bond acceptors (Lipinski definition) is 5. The van der Waals surface area contributed by atoms with Crippen LogP contribution in [0.4, 0.5) is 5.13 Å². The molecule has 0 bridgehead atoms. The van der Waals surface area contributed by atoms with Gasteiger partial charge in [-0.15, -0.1) is 10.2 Å². The number of benzene rings is 1. The van der Waals surface area contributed by atoms with Crippen molar-refractivity contribution in [1.29, 1.82) is 0 Å². The maximum Gasteiger partial charge on any atom is 0.230 e. The average molecular weight is 325 g/mol. The molecule has 1 aromatic heterocycles. The summed E-state index contributed by atoms with van der Waals surface area (Å²) in [6.45, 7) is 3.59. The van der Waals surface area contributed by atoms with Gasteiger partial charge in [0.25, 0.3) is 0 Å². The first-order chi connectivity index (χ1) is 9.95. The molecular formula is C14H17ClN4OS. The number of anilines is 1. The summed E-state index contributed by atoms with van der Waals surface area (Å²) in [5.74, 6) is -0.416. The van der Waals surface area contributed by atoms with Crippen LogP contribution in [0.3, 0.4) is 0 Å². The SMILES string of the molecule is CC(N)C(C)C(=O)Nc1nnc(Cc2cccc(Cl)c2)s1. The van der Waals surface area contributed by atoms with Gasteiger partial charge < -0.3 is 11.1 Å². The molecule has 0 aliphatic rings. The van der Waals surface area contributed by atoms with Crippen molar-refractivity contribution in [3.05, 3.63) is 39.9 Å². The largest absolute Gasteiger partial charge is 0.327 e. The van der Waals surface area contributed by atoms with Gasteiger partial charge in [0.15, 0.2) is 0 Å². The molecule has 5 nitrogen and oxygen atoms in total. The van der Waals surface area contributed by atoms with Gasteiger partial charge in [-0.25, -0.2) is 0 Å². The molecule has 1 amide bonds. The summed E-state index contributed by atoms with van der Waals surface area (Å²) in [7, 11) is 0. The quantitative estimate of drug-likeness (QED) is 0.886. The van der Waals surface area contributed by atoms with E-state index < -0.39 is 0 Å². The van der Waals surface area contributed by atoms with Gasteiger partial charge in [-0.2, -0.15) is 0 Å². The molecule has 112 valence electrons. The van der Waals surface area contributed by atoms with Crippen LogP contribution >= 0.6 is 22.9 Å². The molecule has 1 aromatic carbocycles. The van der Waals surface area contributed by atoms with E-state index in [1.54, 1.807) is 13.8 Å². The van der Waals surface area contributed by atoms with E-state index in [1.807, 2.05) is 24.3 Å². The minimum atomic E-state index is -0.273. The molecule has 0 spiro atoms. The third-order valence-electron chi connectivity index (χ3n) is 3.14. The van der Waals surface area contributed by atoms with Gasteiger partial charge in [0.2, 0.25) is 11.0 Å². The van der Waals surface area contributed by atoms with Gasteiger partial charge in [0, 0.05) is 17.5 Å². The van der Waals surface area contributed by atoms with E-state index in [0.29, 0.717) is 16.6 Å². The van der Waals surface area contributed by atoms with Crippen molar-refractivity contribution in [2.24, 2.45) is 11.7 Å². The number of carbonyl (C=O) groups is 1. The van der Waals surface area contributed by atoms with Crippen molar-refractivity contribution < 1.29 is 4.79 Å². The number of carbonyl (C=O) groups excluding carboxylic acids is 1. The maximum absolute atomic E-state index is 11.9. The Bertz CT molecular complexity index is 629. The highest BCUT2D eigenvalue weighted by Gasteiger charge is 2.18. The first-order valence-corrected chi connectivity index (χ1v) is 7.78. The van der Waals surface area contributed by atoms with Crippen LogP contribution in [0.1, 0.15) is 24.4 Å². The predicted octanol–water partition coefficient (Wildman–Crippen LogP) is 2.70. The summed E-state index contributed by atoms with van der Waals surface area (Å²) in [4.78, 5) is 11.9. The highest BCUT2D eigenvalue weighted by Crippen LogP contribution is 2.20. The Hall–Kier alpha value is -1.50. The first kappa shape index (κ1) is 15.9. The first-order valence-electron chi connectivity index (χ1n) is 6.59. The van der Waals surface area contributed by atoms with Crippen molar-refractivity contribution >= 4 is 34.0 Å². The molecule has 2 aromatic rings. The molecule has 2 atom stereocenters. The van der Waals surface area contributed by atoms with Crippen LogP contribution in [-0.4, -0.2) is 22.1 Å². The number of aromatic nitrogens is 2. The number of nitrogens with two attached hydrogens (primary N) is 1. The fraction of sp³-hybridized carbons (Fsp3) is 0.357. The van der Waals surface area contributed by atoms with Crippen molar-refractivity contribution in [2.45, 2.75) is 26.3 Å². The zero-order valence-corrected chi connectivity index (χ0v) is 13.4. The smallest absolute Gasteiger partial charge is 0.230 e. The van der Waals surface area contributed by atoms with Crippen molar-refractivity contribution in [1.82, 2.24) is 10.2 Å². The van der Waals surface area contributed by atoms with E-state index in [0.717, 1.165) is 10.6 Å². The van der Waals surface area contributed by atoms with E-state index in [9.17, 15) is 4.79 Å². The lowest BCUT2D eigenvalue weighted by Crippen LogP contribution is -2.34. The summed E-state index contributed by atoms with van der Waals surface area (Å²) in [6.07, 6.45) is 0.636. The van der Waals surface area contributed by atoms with Gasteiger partial charge in [0.05, 0.1) is 5.92 Å². The van der Waals surface area contributed by atoms with Crippen molar-refractivity contribution in [2.75, 3.05) is 5.32 Å². The Kier molecular flexibility index (Phi) is 5.27. The Labute approximate surface area is 132 Å². The number of rotatable bonds is 5. The minimum absolute atomic E-state index is 0.143. The summed E-state index contributed by atoms with van der Waals surface area (Å²) in [5.41, 5.74) is 6.76. The van der Waals surface area contributed by atoms with Gasteiger partial charge >= 0.3 is 0 Å². The van der Waals surface area contributed by atoms with Gasteiger partial charge in [0.1, 0.15) is 5.01 Å². The van der Waals surface area contributed by atoms with Crippen LogP contribution < -0.4 is 11.1 Å². The monoisotopic (exact) mass is 324 g/mol. The second kappa shape index (κ2) is 6.98. The van der Waals surface area contributed by atoms with Gasteiger partial charge in [-0.05, 0) is 24.6 Å². The van der Waals surface area contributed by atoms with Crippen LogP contribution in [0.2, 0.25) is 5.02 Å². The molecule has 0 fully saturated rings. The molecule has 0 aliphatic carbocycles. The topological polar surface area (TPSA) is 80.9 Å². The highest BCUT2D eigenvalue weighted by molar-refractivity contribution is 7.15. The van der Waals surface area contributed by atoms with Gasteiger partial charge in [-0.1, -0.05) is 42.0 Å². The van der Waals surface area contributed by atoms with E-state index in [-0.39, 0.29) is 17.9 Å². The number of amides is 1. The summed E-state index contributed by atoms with van der Waals surface area (Å²) in [6, 6.07) is 7.38. The highest BCUT2D eigenvalue weighted by atomic mass is 35.5. The Morgan fingerprint density at radius 2 is 2.19 bits per heavy atom. The fourth-order valence-electron chi connectivity index (χ4n) is 1.66. The molecule has 0 aliphatic heterocycles. The molecule has 7 heteroatoms. The maximum atomic E-state index is 11.9. The molecule has 2 unspecified atom stereocenters. The number of halogens is 1. The fourth-order valence-corrected chi connectivity index (χ4v) is 2.64. The van der Waals surface area contributed by atoms with E-state index >= 15 is 0 Å². The van der Waals surface area contributed by atoms with E-state index in [2.05, 4.69) is 15.5 Å². The molecule has 21 heavy (non-hydrogen) atoms. The van der Waals surface area contributed by atoms with Crippen molar-refractivity contribution in [3.8, 4) is 0 Å². The van der Waals surface area contributed by atoms with Crippen LogP contribution in [0.25, 0.3) is 0 Å².